The number of anilines is 1. The summed E-state index contributed by atoms with van der Waals surface area (Å²) in [5, 5.41) is 3.02. The molecule has 3 aliphatic rings. The topological polar surface area (TPSA) is 58.6 Å². The Labute approximate surface area is 142 Å². The first kappa shape index (κ1) is 15.5. The van der Waals surface area contributed by atoms with Crippen LogP contribution in [0, 0.1) is 10.8 Å². The Morgan fingerprint density at radius 3 is 2.08 bits per heavy atom. The van der Waals surface area contributed by atoms with E-state index < -0.39 is 10.8 Å². The number of methoxy groups -OCH3 is 1. The number of hydrogen-bond acceptors (Lipinski definition) is 3. The van der Waals surface area contributed by atoms with Gasteiger partial charge in [0, 0.05) is 18.8 Å². The zero-order chi connectivity index (χ0) is 16.8. The van der Waals surface area contributed by atoms with Gasteiger partial charge in [-0.1, -0.05) is 0 Å². The van der Waals surface area contributed by atoms with Gasteiger partial charge in [0.15, 0.2) is 0 Å². The fourth-order valence-electron chi connectivity index (χ4n) is 4.22. The number of carbonyl (C=O) groups excluding carboxylic acids is 2. The molecule has 24 heavy (non-hydrogen) atoms. The second-order valence-electron chi connectivity index (χ2n) is 7.35. The molecule has 0 atom stereocenters. The van der Waals surface area contributed by atoms with Crippen molar-refractivity contribution in [3.05, 3.63) is 24.3 Å². The van der Waals surface area contributed by atoms with Crippen molar-refractivity contribution in [3.63, 3.8) is 0 Å². The summed E-state index contributed by atoms with van der Waals surface area (Å²) >= 11 is 0. The van der Waals surface area contributed by atoms with Gasteiger partial charge in [-0.2, -0.15) is 0 Å². The first-order chi connectivity index (χ1) is 11.6. The maximum absolute atomic E-state index is 13.0. The molecule has 3 fully saturated rings. The minimum absolute atomic E-state index is 0.0118. The number of benzene rings is 1. The van der Waals surface area contributed by atoms with Gasteiger partial charge in [-0.3, -0.25) is 9.59 Å². The number of amides is 2. The lowest BCUT2D eigenvalue weighted by molar-refractivity contribution is -0.143. The average molecular weight is 328 g/mol. The maximum atomic E-state index is 13.0. The molecular weight excluding hydrogens is 304 g/mol. The van der Waals surface area contributed by atoms with E-state index in [1.54, 1.807) is 7.11 Å². The molecule has 1 saturated heterocycles. The minimum atomic E-state index is -0.480. The Bertz CT molecular complexity index is 654. The monoisotopic (exact) mass is 328 g/mol. The summed E-state index contributed by atoms with van der Waals surface area (Å²) in [5.41, 5.74) is -0.142. The second kappa shape index (κ2) is 5.50. The third-order valence-electron chi connectivity index (χ3n) is 6.00. The summed E-state index contributed by atoms with van der Waals surface area (Å²) in [6.07, 6.45) is 5.56. The third-order valence-corrected chi connectivity index (χ3v) is 6.00. The summed E-state index contributed by atoms with van der Waals surface area (Å²) in [7, 11) is 1.62. The largest absolute Gasteiger partial charge is 0.497 e. The van der Waals surface area contributed by atoms with Gasteiger partial charge in [0.1, 0.15) is 5.75 Å². The lowest BCUT2D eigenvalue weighted by Gasteiger charge is -2.29. The number of nitrogens with one attached hydrogen (secondary N) is 1. The van der Waals surface area contributed by atoms with Crippen LogP contribution in [0.25, 0.3) is 0 Å². The molecule has 5 nitrogen and oxygen atoms in total. The normalized spacial score (nSPS) is 22.8. The minimum Gasteiger partial charge on any atom is -0.497 e. The van der Waals surface area contributed by atoms with Crippen LogP contribution in [0.15, 0.2) is 24.3 Å². The van der Waals surface area contributed by atoms with Crippen LogP contribution in [0.2, 0.25) is 0 Å². The van der Waals surface area contributed by atoms with Crippen molar-refractivity contribution < 1.29 is 14.3 Å². The van der Waals surface area contributed by atoms with Crippen molar-refractivity contribution in [1.82, 2.24) is 4.90 Å². The smallest absolute Gasteiger partial charge is 0.231 e. The van der Waals surface area contributed by atoms with Crippen molar-refractivity contribution >= 4 is 17.5 Å². The van der Waals surface area contributed by atoms with Gasteiger partial charge >= 0.3 is 0 Å². The lowest BCUT2D eigenvalue weighted by atomic mass is 9.83. The Kier molecular flexibility index (Phi) is 3.55. The van der Waals surface area contributed by atoms with Crippen LogP contribution in [-0.2, 0) is 9.59 Å². The summed E-state index contributed by atoms with van der Waals surface area (Å²) < 4.78 is 5.14. The predicted molar refractivity (Wildman–Crippen MR) is 90.8 cm³/mol. The highest BCUT2D eigenvalue weighted by Gasteiger charge is 2.73. The fraction of sp³-hybridized carbons (Fsp3) is 0.579. The van der Waals surface area contributed by atoms with E-state index >= 15 is 0 Å². The molecular formula is C19H24N2O3. The van der Waals surface area contributed by atoms with Crippen LogP contribution in [0.4, 0.5) is 5.69 Å². The average Bonchev–Trinajstić information content (AvgIpc) is 3.51. The van der Waals surface area contributed by atoms with Crippen LogP contribution in [0.5, 0.6) is 5.75 Å². The van der Waals surface area contributed by atoms with Crippen molar-refractivity contribution in [3.8, 4) is 5.75 Å². The third kappa shape index (κ3) is 2.29. The predicted octanol–water partition coefficient (Wildman–Crippen LogP) is 2.82. The molecule has 0 aromatic heterocycles. The lowest BCUT2D eigenvalue weighted by Crippen LogP contribution is -2.44. The second-order valence-corrected chi connectivity index (χ2v) is 7.35. The van der Waals surface area contributed by atoms with Crippen molar-refractivity contribution in [1.29, 1.82) is 0 Å². The zero-order valence-electron chi connectivity index (χ0n) is 14.1. The Hall–Kier alpha value is -2.04. The van der Waals surface area contributed by atoms with Gasteiger partial charge in [0.05, 0.1) is 17.9 Å². The van der Waals surface area contributed by atoms with Gasteiger partial charge in [0.25, 0.3) is 0 Å². The molecule has 2 amide bonds. The van der Waals surface area contributed by atoms with E-state index in [-0.39, 0.29) is 11.8 Å². The Morgan fingerprint density at radius 2 is 1.58 bits per heavy atom. The Balaban J connectivity index is 1.49. The van der Waals surface area contributed by atoms with Crippen LogP contribution < -0.4 is 10.1 Å². The number of hydrogen-bond donors (Lipinski definition) is 1. The fourth-order valence-corrected chi connectivity index (χ4v) is 4.22. The highest BCUT2D eigenvalue weighted by molar-refractivity contribution is 6.03. The molecule has 0 bridgehead atoms. The Morgan fingerprint density at radius 1 is 1.00 bits per heavy atom. The molecule has 1 aromatic rings. The number of carbonyl (C=O) groups is 2. The number of ether oxygens (including phenoxy) is 1. The number of nitrogens with zero attached hydrogens (tertiary/aromatic N) is 1. The molecule has 2 saturated carbocycles. The summed E-state index contributed by atoms with van der Waals surface area (Å²) in [4.78, 5) is 27.9. The van der Waals surface area contributed by atoms with Crippen molar-refractivity contribution in [2.24, 2.45) is 10.8 Å². The standard InChI is InChI=1S/C19H24N2O3/c1-24-15-6-4-14(5-7-15)20-16(22)18(8-9-18)19(10-11-19)17(23)21-12-2-3-13-21/h4-7H,2-3,8-13H2,1H3,(H,20,22). The van der Waals surface area contributed by atoms with Crippen molar-refractivity contribution in [2.45, 2.75) is 38.5 Å². The van der Waals surface area contributed by atoms with E-state index in [0.717, 1.165) is 63.1 Å². The number of rotatable bonds is 5. The van der Waals surface area contributed by atoms with E-state index in [0.29, 0.717) is 0 Å². The molecule has 128 valence electrons. The summed E-state index contributed by atoms with van der Waals surface area (Å²) in [6.45, 7) is 1.72. The first-order valence-electron chi connectivity index (χ1n) is 8.86. The van der Waals surface area contributed by atoms with E-state index in [9.17, 15) is 9.59 Å². The molecule has 4 rings (SSSR count). The van der Waals surface area contributed by atoms with Gasteiger partial charge < -0.3 is 15.0 Å². The molecule has 1 aliphatic heterocycles. The molecule has 5 heteroatoms. The van der Waals surface area contributed by atoms with Gasteiger partial charge in [-0.25, -0.2) is 0 Å². The molecule has 1 N–H and O–H groups in total. The summed E-state index contributed by atoms with van der Waals surface area (Å²) in [6, 6.07) is 7.35. The van der Waals surface area contributed by atoms with Crippen LogP contribution >= 0.6 is 0 Å². The van der Waals surface area contributed by atoms with Crippen LogP contribution in [0.3, 0.4) is 0 Å². The van der Waals surface area contributed by atoms with Crippen LogP contribution in [0.1, 0.15) is 38.5 Å². The number of likely N-dealkylation sites (tertiary alicyclic amines) is 1. The maximum Gasteiger partial charge on any atom is 0.231 e. The molecule has 0 radical (unpaired) electrons. The molecule has 0 spiro atoms. The zero-order valence-corrected chi connectivity index (χ0v) is 14.1. The van der Waals surface area contributed by atoms with Gasteiger partial charge in [-0.15, -0.1) is 0 Å². The van der Waals surface area contributed by atoms with Gasteiger partial charge in [-0.05, 0) is 62.8 Å². The highest BCUT2D eigenvalue weighted by atomic mass is 16.5. The highest BCUT2D eigenvalue weighted by Crippen LogP contribution is 2.71. The molecule has 0 unspecified atom stereocenters. The molecule has 1 aromatic carbocycles. The molecule has 2 aliphatic carbocycles. The van der Waals surface area contributed by atoms with E-state index in [2.05, 4.69) is 5.32 Å². The molecule has 1 heterocycles. The van der Waals surface area contributed by atoms with E-state index in [1.807, 2.05) is 29.2 Å². The van der Waals surface area contributed by atoms with Crippen LogP contribution in [-0.4, -0.2) is 36.9 Å². The summed E-state index contributed by atoms with van der Waals surface area (Å²) in [5.74, 6) is 0.997. The van der Waals surface area contributed by atoms with Crippen molar-refractivity contribution in [2.75, 3.05) is 25.5 Å². The quantitative estimate of drug-likeness (QED) is 0.904. The van der Waals surface area contributed by atoms with E-state index in [4.69, 9.17) is 4.74 Å². The van der Waals surface area contributed by atoms with E-state index in [1.165, 1.54) is 0 Å². The SMILES string of the molecule is COc1ccc(NC(=O)C2(C3(C(=O)N4CCCC4)CC3)CC2)cc1. The van der Waals surface area contributed by atoms with Gasteiger partial charge in [0.2, 0.25) is 11.8 Å². The first-order valence-corrected chi connectivity index (χ1v) is 8.86.